The quantitative estimate of drug-likeness (QED) is 0.495. The van der Waals surface area contributed by atoms with Gasteiger partial charge < -0.3 is 14.6 Å². The largest absolute Gasteiger partial charge is 0.464 e. The van der Waals surface area contributed by atoms with Crippen LogP contribution in [-0.4, -0.2) is 64.5 Å². The van der Waals surface area contributed by atoms with E-state index in [1.165, 1.54) is 36.3 Å². The van der Waals surface area contributed by atoms with Crippen LogP contribution in [0, 0.1) is 6.92 Å². The second-order valence-electron chi connectivity index (χ2n) is 7.66. The molecule has 0 bridgehead atoms. The number of hydrogen-bond acceptors (Lipinski definition) is 7. The van der Waals surface area contributed by atoms with E-state index in [1.54, 1.807) is 27.7 Å². The molecule has 0 aliphatic rings. The van der Waals surface area contributed by atoms with Gasteiger partial charge in [-0.15, -0.1) is 11.3 Å². The Balaban J connectivity index is 2.70. The average Bonchev–Trinajstić information content (AvgIpc) is 2.97. The Kier molecular flexibility index (Phi) is 7.56. The number of hydrogen-bond donors (Lipinski definition) is 1. The molecule has 0 unspecified atom stereocenters. The molecule has 0 saturated carbocycles. The van der Waals surface area contributed by atoms with Crippen molar-refractivity contribution in [3.05, 3.63) is 31.3 Å². The van der Waals surface area contributed by atoms with E-state index in [0.717, 1.165) is 9.58 Å². The molecule has 2 aromatic heterocycles. The molecule has 166 valence electrons. The van der Waals surface area contributed by atoms with Gasteiger partial charge in [-0.1, -0.05) is 0 Å². The summed E-state index contributed by atoms with van der Waals surface area (Å²) in [5.41, 5.74) is -0.936. The van der Waals surface area contributed by atoms with Gasteiger partial charge in [0.25, 0.3) is 5.56 Å². The summed E-state index contributed by atoms with van der Waals surface area (Å²) in [4.78, 5) is 38.6. The number of carbonyl (C=O) groups is 1. The van der Waals surface area contributed by atoms with Crippen LogP contribution < -0.4 is 11.2 Å². The lowest BCUT2D eigenvalue weighted by Gasteiger charge is -2.27. The molecule has 2 aromatic rings. The second-order valence-corrected chi connectivity index (χ2v) is 8.69. The molecule has 2 rings (SSSR count). The Morgan fingerprint density at radius 2 is 1.73 bits per heavy atom. The van der Waals surface area contributed by atoms with Gasteiger partial charge in [0.1, 0.15) is 4.83 Å². The number of amides is 1. The SMILES string of the molecule is COCCn1c(=O)c2c(C)c(/C=N/N(C(=O)O)C(C)(C)C)sc2n(CCOC)c1=O. The summed E-state index contributed by atoms with van der Waals surface area (Å²) in [6.07, 6.45) is 0.236. The molecule has 0 atom stereocenters. The number of ether oxygens (including phenoxy) is 2. The molecule has 1 amide bonds. The van der Waals surface area contributed by atoms with Gasteiger partial charge in [0.05, 0.1) is 48.3 Å². The van der Waals surface area contributed by atoms with E-state index in [0.29, 0.717) is 27.3 Å². The molecule has 0 spiro atoms. The van der Waals surface area contributed by atoms with Crippen molar-refractivity contribution in [1.29, 1.82) is 0 Å². The minimum absolute atomic E-state index is 0.132. The lowest BCUT2D eigenvalue weighted by atomic mass is 10.1. The molecule has 30 heavy (non-hydrogen) atoms. The highest BCUT2D eigenvalue weighted by atomic mass is 32.1. The smallest absolute Gasteiger partial charge is 0.428 e. The van der Waals surface area contributed by atoms with Crippen LogP contribution in [0.25, 0.3) is 10.2 Å². The number of thiophene rings is 1. The number of fused-ring (bicyclic) bond motifs is 1. The van der Waals surface area contributed by atoms with Crippen molar-refractivity contribution >= 4 is 33.9 Å². The van der Waals surface area contributed by atoms with Crippen molar-refractivity contribution in [2.24, 2.45) is 5.10 Å². The van der Waals surface area contributed by atoms with Crippen molar-refractivity contribution in [2.45, 2.75) is 46.3 Å². The van der Waals surface area contributed by atoms with E-state index in [1.807, 2.05) is 0 Å². The fourth-order valence-corrected chi connectivity index (χ4v) is 4.10. The Morgan fingerprint density at radius 3 is 2.23 bits per heavy atom. The van der Waals surface area contributed by atoms with Gasteiger partial charge in [-0.25, -0.2) is 9.59 Å². The summed E-state index contributed by atoms with van der Waals surface area (Å²) in [6.45, 7) is 7.88. The van der Waals surface area contributed by atoms with E-state index < -0.39 is 22.9 Å². The number of rotatable bonds is 8. The first-order chi connectivity index (χ1) is 14.0. The summed E-state index contributed by atoms with van der Waals surface area (Å²) in [7, 11) is 3.04. The summed E-state index contributed by atoms with van der Waals surface area (Å²) in [6, 6.07) is 0. The normalized spacial score (nSPS) is 12.2. The standard InChI is InChI=1S/C19H28N4O6S/c1-12-13(11-20-23(18(26)27)19(2,3)4)30-16-14(12)15(24)21(7-9-28-5)17(25)22(16)8-10-29-6/h11H,7-10H2,1-6H3,(H,26,27)/b20-11+. The summed E-state index contributed by atoms with van der Waals surface area (Å²) >= 11 is 1.22. The first kappa shape index (κ1) is 23.8. The lowest BCUT2D eigenvalue weighted by molar-refractivity contribution is 0.103. The zero-order valence-corrected chi connectivity index (χ0v) is 18.9. The molecule has 0 aliphatic heterocycles. The molecular weight excluding hydrogens is 412 g/mol. The van der Waals surface area contributed by atoms with Crippen LogP contribution in [0.5, 0.6) is 0 Å². The van der Waals surface area contributed by atoms with E-state index in [9.17, 15) is 19.5 Å². The number of hydrazone groups is 1. The molecule has 0 saturated heterocycles. The van der Waals surface area contributed by atoms with Crippen LogP contribution in [0.15, 0.2) is 14.7 Å². The highest BCUT2D eigenvalue weighted by molar-refractivity contribution is 7.20. The fraction of sp³-hybridized carbons (Fsp3) is 0.579. The molecule has 0 aliphatic carbocycles. The minimum atomic E-state index is -1.18. The van der Waals surface area contributed by atoms with Gasteiger partial charge in [-0.2, -0.15) is 10.1 Å². The van der Waals surface area contributed by atoms with Gasteiger partial charge in [-0.3, -0.25) is 13.9 Å². The van der Waals surface area contributed by atoms with E-state index in [2.05, 4.69) is 5.10 Å². The number of aryl methyl sites for hydroxylation is 1. The summed E-state index contributed by atoms with van der Waals surface area (Å²) < 4.78 is 12.8. The molecule has 0 radical (unpaired) electrons. The van der Waals surface area contributed by atoms with E-state index in [4.69, 9.17) is 9.47 Å². The average molecular weight is 441 g/mol. The van der Waals surface area contributed by atoms with Crippen molar-refractivity contribution < 1.29 is 19.4 Å². The Labute approximate surface area is 177 Å². The van der Waals surface area contributed by atoms with Crippen molar-refractivity contribution in [2.75, 3.05) is 27.4 Å². The molecule has 1 N–H and O–H groups in total. The number of aromatic nitrogens is 2. The van der Waals surface area contributed by atoms with Crippen LogP contribution in [0.3, 0.4) is 0 Å². The lowest BCUT2D eigenvalue weighted by Crippen LogP contribution is -2.41. The van der Waals surface area contributed by atoms with Crippen molar-refractivity contribution in [3.63, 3.8) is 0 Å². The van der Waals surface area contributed by atoms with Crippen LogP contribution in [0.1, 0.15) is 31.2 Å². The Bertz CT molecular complexity index is 1060. The summed E-state index contributed by atoms with van der Waals surface area (Å²) in [5, 5.41) is 14.9. The zero-order chi connectivity index (χ0) is 22.6. The maximum absolute atomic E-state index is 13.0. The van der Waals surface area contributed by atoms with Gasteiger partial charge in [0.15, 0.2) is 0 Å². The topological polar surface area (TPSA) is 115 Å². The molecule has 0 aromatic carbocycles. The highest BCUT2D eigenvalue weighted by Crippen LogP contribution is 2.27. The van der Waals surface area contributed by atoms with Crippen molar-refractivity contribution in [3.8, 4) is 0 Å². The maximum atomic E-state index is 13.0. The third-order valence-electron chi connectivity index (χ3n) is 4.48. The van der Waals surface area contributed by atoms with Crippen LogP contribution in [0.4, 0.5) is 4.79 Å². The Hall–Kier alpha value is -2.50. The fourth-order valence-electron chi connectivity index (χ4n) is 2.91. The number of methoxy groups -OCH3 is 2. The molecule has 10 nitrogen and oxygen atoms in total. The van der Waals surface area contributed by atoms with Gasteiger partial charge >= 0.3 is 11.8 Å². The van der Waals surface area contributed by atoms with Gasteiger partial charge in [-0.05, 0) is 33.3 Å². The first-order valence-electron chi connectivity index (χ1n) is 9.36. The molecule has 0 fully saturated rings. The molecule has 11 heteroatoms. The van der Waals surface area contributed by atoms with E-state index >= 15 is 0 Å². The molecular formula is C19H28N4O6S. The van der Waals surface area contributed by atoms with Gasteiger partial charge in [0, 0.05) is 14.2 Å². The van der Waals surface area contributed by atoms with E-state index in [-0.39, 0.29) is 19.7 Å². The van der Waals surface area contributed by atoms with Crippen LogP contribution in [-0.2, 0) is 22.6 Å². The third kappa shape index (κ3) is 4.79. The Morgan fingerprint density at radius 1 is 1.17 bits per heavy atom. The predicted molar refractivity (Wildman–Crippen MR) is 116 cm³/mol. The van der Waals surface area contributed by atoms with Gasteiger partial charge in [0.2, 0.25) is 0 Å². The summed E-state index contributed by atoms with van der Waals surface area (Å²) in [5.74, 6) is 0. The van der Waals surface area contributed by atoms with Crippen molar-refractivity contribution in [1.82, 2.24) is 14.1 Å². The van der Waals surface area contributed by atoms with Crippen LogP contribution >= 0.6 is 11.3 Å². The number of nitrogens with zero attached hydrogens (tertiary/aromatic N) is 4. The minimum Gasteiger partial charge on any atom is -0.464 e. The zero-order valence-electron chi connectivity index (χ0n) is 18.1. The van der Waals surface area contributed by atoms with Crippen LogP contribution in [0.2, 0.25) is 0 Å². The predicted octanol–water partition coefficient (Wildman–Crippen LogP) is 1.94. The monoisotopic (exact) mass is 440 g/mol. The first-order valence-corrected chi connectivity index (χ1v) is 10.2. The third-order valence-corrected chi connectivity index (χ3v) is 5.73. The highest BCUT2D eigenvalue weighted by Gasteiger charge is 2.26. The molecule has 2 heterocycles. The number of carboxylic acid groups (broad SMARTS) is 1. The second kappa shape index (κ2) is 9.54. The maximum Gasteiger partial charge on any atom is 0.428 e.